The number of ether oxygens (including phenoxy) is 1. The molecule has 1 aliphatic carbocycles. The van der Waals surface area contributed by atoms with Gasteiger partial charge >= 0.3 is 0 Å². The number of morpholine rings is 1. The van der Waals surface area contributed by atoms with E-state index in [2.05, 4.69) is 21.6 Å². The normalized spacial score (nSPS) is 18.8. The van der Waals surface area contributed by atoms with Crippen LogP contribution in [0.2, 0.25) is 0 Å². The molecule has 2 aromatic rings. The molecule has 7 heteroatoms. The van der Waals surface area contributed by atoms with Crippen LogP contribution < -0.4 is 10.6 Å². The number of benzene rings is 2. The van der Waals surface area contributed by atoms with Crippen LogP contribution in [0.4, 0.5) is 15.8 Å². The van der Waals surface area contributed by atoms with Crippen LogP contribution in [0.15, 0.2) is 42.5 Å². The topological polar surface area (TPSA) is 70.7 Å². The van der Waals surface area contributed by atoms with Gasteiger partial charge in [-0.25, -0.2) is 4.39 Å². The van der Waals surface area contributed by atoms with Gasteiger partial charge in [-0.15, -0.1) is 0 Å². The molecule has 164 valence electrons. The molecule has 1 saturated heterocycles. The Morgan fingerprint density at radius 2 is 1.90 bits per heavy atom. The summed E-state index contributed by atoms with van der Waals surface area (Å²) in [6.45, 7) is 3.54. The minimum absolute atomic E-state index is 0.0776. The number of aryl methyl sites for hydroxylation is 1. The van der Waals surface area contributed by atoms with Gasteiger partial charge in [0.05, 0.1) is 24.8 Å². The molecule has 0 bridgehead atoms. The lowest BCUT2D eigenvalue weighted by Crippen LogP contribution is -2.38. The van der Waals surface area contributed by atoms with Crippen molar-refractivity contribution in [1.82, 2.24) is 4.90 Å². The summed E-state index contributed by atoms with van der Waals surface area (Å²) in [6.07, 6.45) is 3.00. The Morgan fingerprint density at radius 1 is 1.10 bits per heavy atom. The van der Waals surface area contributed by atoms with Gasteiger partial charge in [-0.2, -0.15) is 0 Å². The Morgan fingerprint density at radius 3 is 2.74 bits per heavy atom. The van der Waals surface area contributed by atoms with Crippen LogP contribution in [-0.2, 0) is 20.7 Å². The molecule has 2 N–H and O–H groups in total. The highest BCUT2D eigenvalue weighted by molar-refractivity contribution is 5.97. The number of hydrogen-bond acceptors (Lipinski definition) is 4. The summed E-state index contributed by atoms with van der Waals surface area (Å²) in [7, 11) is 0. The number of fused-ring (bicyclic) bond motifs is 1. The van der Waals surface area contributed by atoms with Gasteiger partial charge < -0.3 is 15.4 Å². The van der Waals surface area contributed by atoms with Crippen LogP contribution in [0.5, 0.6) is 0 Å². The molecule has 1 fully saturated rings. The Labute approximate surface area is 181 Å². The van der Waals surface area contributed by atoms with Gasteiger partial charge in [-0.05, 0) is 48.6 Å². The van der Waals surface area contributed by atoms with Crippen molar-refractivity contribution in [2.24, 2.45) is 0 Å². The average Bonchev–Trinajstić information content (AvgIpc) is 2.80. The smallest absolute Gasteiger partial charge is 0.231 e. The van der Waals surface area contributed by atoms with Gasteiger partial charge in [0, 0.05) is 31.7 Å². The first kappa shape index (κ1) is 21.5. The van der Waals surface area contributed by atoms with E-state index < -0.39 is 5.82 Å². The first-order chi connectivity index (χ1) is 15.1. The summed E-state index contributed by atoms with van der Waals surface area (Å²) in [5.41, 5.74) is 2.82. The number of rotatable bonds is 6. The van der Waals surface area contributed by atoms with E-state index in [9.17, 15) is 14.0 Å². The van der Waals surface area contributed by atoms with E-state index in [1.54, 1.807) is 0 Å². The Balaban J connectivity index is 1.37. The molecule has 1 aliphatic heterocycles. The van der Waals surface area contributed by atoms with Crippen LogP contribution in [0, 0.1) is 5.82 Å². The second-order valence-corrected chi connectivity index (χ2v) is 8.08. The zero-order valence-corrected chi connectivity index (χ0v) is 17.5. The molecule has 0 radical (unpaired) electrons. The maximum Gasteiger partial charge on any atom is 0.231 e. The molecule has 0 saturated carbocycles. The summed E-state index contributed by atoms with van der Waals surface area (Å²) >= 11 is 0. The van der Waals surface area contributed by atoms with E-state index in [1.807, 2.05) is 18.2 Å². The molecule has 2 aliphatic rings. The quantitative estimate of drug-likeness (QED) is 0.743. The van der Waals surface area contributed by atoms with E-state index in [1.165, 1.54) is 23.8 Å². The lowest BCUT2D eigenvalue weighted by atomic mass is 9.82. The zero-order valence-electron chi connectivity index (χ0n) is 17.5. The maximum atomic E-state index is 14.3. The van der Waals surface area contributed by atoms with Crippen LogP contribution in [0.3, 0.4) is 0 Å². The van der Waals surface area contributed by atoms with Crippen molar-refractivity contribution >= 4 is 23.2 Å². The minimum atomic E-state index is -0.527. The number of anilines is 2. The summed E-state index contributed by atoms with van der Waals surface area (Å²) in [4.78, 5) is 27.4. The van der Waals surface area contributed by atoms with Crippen molar-refractivity contribution in [3.63, 3.8) is 0 Å². The number of nitrogens with zero attached hydrogens (tertiary/aromatic N) is 1. The average molecular weight is 426 g/mol. The molecule has 1 unspecified atom stereocenters. The Kier molecular flexibility index (Phi) is 6.94. The molecular weight excluding hydrogens is 397 g/mol. The van der Waals surface area contributed by atoms with E-state index in [4.69, 9.17) is 4.74 Å². The van der Waals surface area contributed by atoms with Gasteiger partial charge in [0.1, 0.15) is 5.82 Å². The highest BCUT2D eigenvalue weighted by atomic mass is 19.1. The molecule has 0 spiro atoms. The molecule has 0 aromatic heterocycles. The van der Waals surface area contributed by atoms with Gasteiger partial charge in [0.15, 0.2) is 0 Å². The maximum absolute atomic E-state index is 14.3. The van der Waals surface area contributed by atoms with Crippen molar-refractivity contribution in [2.45, 2.75) is 31.6 Å². The summed E-state index contributed by atoms with van der Waals surface area (Å²) in [6, 6.07) is 12.3. The Bertz CT molecular complexity index is 943. The summed E-state index contributed by atoms with van der Waals surface area (Å²) in [5.74, 6) is -1.11. The third kappa shape index (κ3) is 5.48. The second kappa shape index (κ2) is 10.0. The lowest BCUT2D eigenvalue weighted by Gasteiger charge is -2.26. The van der Waals surface area contributed by atoms with Crippen LogP contribution in [0.1, 0.15) is 36.3 Å². The highest BCUT2D eigenvalue weighted by Gasteiger charge is 2.26. The fourth-order valence-corrected chi connectivity index (χ4v) is 4.25. The SMILES string of the molecule is O=C(CCN1CCOCC1)Nc1cc(NC(=O)C2CCCc3ccccc32)ccc1F. The fraction of sp³-hybridized carbons (Fsp3) is 0.417. The van der Waals surface area contributed by atoms with Crippen LogP contribution in [-0.4, -0.2) is 49.6 Å². The van der Waals surface area contributed by atoms with Crippen molar-refractivity contribution in [3.05, 3.63) is 59.4 Å². The lowest BCUT2D eigenvalue weighted by molar-refractivity contribution is -0.118. The number of hydrogen-bond donors (Lipinski definition) is 2. The molecular formula is C24H28FN3O3. The number of amides is 2. The third-order valence-electron chi connectivity index (χ3n) is 5.95. The molecule has 6 nitrogen and oxygen atoms in total. The highest BCUT2D eigenvalue weighted by Crippen LogP contribution is 2.32. The molecule has 1 heterocycles. The molecule has 2 amide bonds. The third-order valence-corrected chi connectivity index (χ3v) is 5.95. The van der Waals surface area contributed by atoms with Crippen molar-refractivity contribution in [2.75, 3.05) is 43.5 Å². The second-order valence-electron chi connectivity index (χ2n) is 8.08. The van der Waals surface area contributed by atoms with E-state index in [0.29, 0.717) is 25.4 Å². The molecule has 4 rings (SSSR count). The predicted octanol–water partition coefficient (Wildman–Crippen LogP) is 3.55. The van der Waals surface area contributed by atoms with Crippen molar-refractivity contribution in [1.29, 1.82) is 0 Å². The van der Waals surface area contributed by atoms with Crippen LogP contribution in [0.25, 0.3) is 0 Å². The standard InChI is InChI=1S/C24H28FN3O3/c25-21-9-8-18(16-22(21)27-23(29)10-11-28-12-14-31-15-13-28)26-24(30)20-7-3-5-17-4-1-2-6-19(17)20/h1-2,4,6,8-9,16,20H,3,5,7,10-15H2,(H,26,30)(H,27,29). The predicted molar refractivity (Wildman–Crippen MR) is 118 cm³/mol. The molecule has 1 atom stereocenters. The first-order valence-electron chi connectivity index (χ1n) is 10.9. The number of carbonyl (C=O) groups excluding carboxylic acids is 2. The zero-order chi connectivity index (χ0) is 21.6. The molecule has 31 heavy (non-hydrogen) atoms. The Hall–Kier alpha value is -2.77. The van der Waals surface area contributed by atoms with Crippen molar-refractivity contribution < 1.29 is 18.7 Å². The number of halogens is 1. The summed E-state index contributed by atoms with van der Waals surface area (Å²) < 4.78 is 19.6. The van der Waals surface area contributed by atoms with Gasteiger partial charge in [0.2, 0.25) is 11.8 Å². The first-order valence-corrected chi connectivity index (χ1v) is 10.9. The minimum Gasteiger partial charge on any atom is -0.379 e. The van der Waals surface area contributed by atoms with Crippen LogP contribution >= 0.6 is 0 Å². The number of nitrogens with one attached hydrogen (secondary N) is 2. The molecule has 2 aromatic carbocycles. The van der Waals surface area contributed by atoms with Gasteiger partial charge in [-0.1, -0.05) is 24.3 Å². The van der Waals surface area contributed by atoms with E-state index >= 15 is 0 Å². The largest absolute Gasteiger partial charge is 0.379 e. The number of carbonyl (C=O) groups is 2. The van der Waals surface area contributed by atoms with Crippen molar-refractivity contribution in [3.8, 4) is 0 Å². The van der Waals surface area contributed by atoms with E-state index in [0.717, 1.165) is 37.9 Å². The summed E-state index contributed by atoms with van der Waals surface area (Å²) in [5, 5.41) is 5.53. The van der Waals surface area contributed by atoms with Gasteiger partial charge in [-0.3, -0.25) is 14.5 Å². The monoisotopic (exact) mass is 425 g/mol. The fourth-order valence-electron chi connectivity index (χ4n) is 4.25. The van der Waals surface area contributed by atoms with E-state index in [-0.39, 0.29) is 29.8 Å². The van der Waals surface area contributed by atoms with Gasteiger partial charge in [0.25, 0.3) is 0 Å².